The van der Waals surface area contributed by atoms with Crippen LogP contribution in [0.2, 0.25) is 0 Å². The molecule has 1 heteroatoms. The van der Waals surface area contributed by atoms with Gasteiger partial charge in [-0.3, -0.25) is 0 Å². The SMILES string of the molecule is CC(C=O)Cc1ccc(C2CC2)cc1. The zero-order chi connectivity index (χ0) is 9.97. The fourth-order valence-electron chi connectivity index (χ4n) is 1.76. The predicted octanol–water partition coefficient (Wildman–Crippen LogP) is 2.94. The lowest BCUT2D eigenvalue weighted by Crippen LogP contribution is -2.00. The molecule has 0 aromatic heterocycles. The van der Waals surface area contributed by atoms with Gasteiger partial charge in [-0.25, -0.2) is 0 Å². The van der Waals surface area contributed by atoms with E-state index in [0.29, 0.717) is 0 Å². The molecule has 1 aromatic rings. The van der Waals surface area contributed by atoms with Crippen molar-refractivity contribution < 1.29 is 4.79 Å². The first-order chi connectivity index (χ1) is 6.79. The Morgan fingerprint density at radius 3 is 2.50 bits per heavy atom. The maximum atomic E-state index is 10.5. The summed E-state index contributed by atoms with van der Waals surface area (Å²) in [5.41, 5.74) is 2.74. The summed E-state index contributed by atoms with van der Waals surface area (Å²) in [6.07, 6.45) is 4.59. The zero-order valence-corrected chi connectivity index (χ0v) is 8.57. The molecule has 1 atom stereocenters. The lowest BCUT2D eigenvalue weighted by Gasteiger charge is -2.04. The van der Waals surface area contributed by atoms with Crippen LogP contribution in [0.4, 0.5) is 0 Å². The molecule has 0 aliphatic heterocycles. The van der Waals surface area contributed by atoms with E-state index in [1.54, 1.807) is 0 Å². The fourth-order valence-corrected chi connectivity index (χ4v) is 1.76. The monoisotopic (exact) mass is 188 g/mol. The Hall–Kier alpha value is -1.11. The molecule has 0 amide bonds. The highest BCUT2D eigenvalue weighted by Crippen LogP contribution is 2.39. The molecule has 0 saturated heterocycles. The molecule has 74 valence electrons. The first-order valence-corrected chi connectivity index (χ1v) is 5.33. The number of benzene rings is 1. The van der Waals surface area contributed by atoms with Crippen LogP contribution in [-0.2, 0) is 11.2 Å². The Labute approximate surface area is 85.1 Å². The van der Waals surface area contributed by atoms with Crippen molar-refractivity contribution in [1.29, 1.82) is 0 Å². The van der Waals surface area contributed by atoms with Crippen LogP contribution in [0.5, 0.6) is 0 Å². The second-order valence-corrected chi connectivity index (χ2v) is 4.33. The Kier molecular flexibility index (Phi) is 2.67. The molecule has 1 aliphatic rings. The Morgan fingerprint density at radius 1 is 1.36 bits per heavy atom. The summed E-state index contributed by atoms with van der Waals surface area (Å²) in [5, 5.41) is 0. The van der Waals surface area contributed by atoms with Crippen molar-refractivity contribution in [1.82, 2.24) is 0 Å². The maximum Gasteiger partial charge on any atom is 0.123 e. The first kappa shape index (κ1) is 9.45. The van der Waals surface area contributed by atoms with Gasteiger partial charge in [-0.05, 0) is 36.3 Å². The zero-order valence-electron chi connectivity index (χ0n) is 8.57. The van der Waals surface area contributed by atoms with E-state index in [1.807, 2.05) is 6.92 Å². The molecule has 14 heavy (non-hydrogen) atoms. The van der Waals surface area contributed by atoms with E-state index < -0.39 is 0 Å². The summed E-state index contributed by atoms with van der Waals surface area (Å²) in [6.45, 7) is 1.96. The summed E-state index contributed by atoms with van der Waals surface area (Å²) in [6, 6.07) is 8.75. The average Bonchev–Trinajstić information content (AvgIpc) is 3.02. The molecule has 0 heterocycles. The van der Waals surface area contributed by atoms with Crippen LogP contribution in [-0.4, -0.2) is 6.29 Å². The molecule has 1 aliphatic carbocycles. The molecular formula is C13H16O. The maximum absolute atomic E-state index is 10.5. The lowest BCUT2D eigenvalue weighted by atomic mass is 10.0. The fraction of sp³-hybridized carbons (Fsp3) is 0.462. The predicted molar refractivity (Wildman–Crippen MR) is 57.3 cm³/mol. The van der Waals surface area contributed by atoms with Crippen LogP contribution in [0, 0.1) is 5.92 Å². The topological polar surface area (TPSA) is 17.1 Å². The van der Waals surface area contributed by atoms with E-state index in [9.17, 15) is 4.79 Å². The van der Waals surface area contributed by atoms with Crippen molar-refractivity contribution >= 4 is 6.29 Å². The second kappa shape index (κ2) is 3.95. The summed E-state index contributed by atoms with van der Waals surface area (Å²) in [5.74, 6) is 0.967. The Morgan fingerprint density at radius 2 is 2.00 bits per heavy atom. The number of carbonyl (C=O) groups excluding carboxylic acids is 1. The molecule has 0 bridgehead atoms. The van der Waals surface area contributed by atoms with Crippen LogP contribution in [0.15, 0.2) is 24.3 Å². The summed E-state index contributed by atoms with van der Waals surface area (Å²) in [4.78, 5) is 10.5. The van der Waals surface area contributed by atoms with E-state index in [4.69, 9.17) is 0 Å². The Bertz CT molecular complexity index is 309. The molecule has 0 N–H and O–H groups in total. The third-order valence-electron chi connectivity index (χ3n) is 2.82. The van der Waals surface area contributed by atoms with Gasteiger partial charge in [0.2, 0.25) is 0 Å². The summed E-state index contributed by atoms with van der Waals surface area (Å²) < 4.78 is 0. The van der Waals surface area contributed by atoms with Gasteiger partial charge in [0.05, 0.1) is 0 Å². The number of hydrogen-bond donors (Lipinski definition) is 0. The van der Waals surface area contributed by atoms with E-state index in [-0.39, 0.29) is 5.92 Å². The van der Waals surface area contributed by atoms with Crippen molar-refractivity contribution in [2.75, 3.05) is 0 Å². The van der Waals surface area contributed by atoms with Crippen molar-refractivity contribution in [3.63, 3.8) is 0 Å². The van der Waals surface area contributed by atoms with Crippen molar-refractivity contribution in [2.24, 2.45) is 5.92 Å². The standard InChI is InChI=1S/C13H16O/c1-10(9-14)8-11-2-4-12(5-3-11)13-6-7-13/h2-5,9-10,13H,6-8H2,1H3. The molecule has 1 saturated carbocycles. The number of rotatable bonds is 4. The molecular weight excluding hydrogens is 172 g/mol. The largest absolute Gasteiger partial charge is 0.303 e. The molecule has 0 radical (unpaired) electrons. The molecule has 1 unspecified atom stereocenters. The van der Waals surface area contributed by atoms with E-state index >= 15 is 0 Å². The van der Waals surface area contributed by atoms with Gasteiger partial charge in [0.15, 0.2) is 0 Å². The second-order valence-electron chi connectivity index (χ2n) is 4.33. The van der Waals surface area contributed by atoms with Gasteiger partial charge in [0, 0.05) is 5.92 Å². The van der Waals surface area contributed by atoms with Gasteiger partial charge in [0.25, 0.3) is 0 Å². The minimum absolute atomic E-state index is 0.141. The van der Waals surface area contributed by atoms with Gasteiger partial charge >= 0.3 is 0 Å². The van der Waals surface area contributed by atoms with Gasteiger partial charge in [0.1, 0.15) is 6.29 Å². The van der Waals surface area contributed by atoms with Crippen molar-refractivity contribution in [2.45, 2.75) is 32.1 Å². The lowest BCUT2D eigenvalue weighted by molar-refractivity contribution is -0.110. The van der Waals surface area contributed by atoms with E-state index in [2.05, 4.69) is 24.3 Å². The third-order valence-corrected chi connectivity index (χ3v) is 2.82. The van der Waals surface area contributed by atoms with Crippen LogP contribution >= 0.6 is 0 Å². The minimum Gasteiger partial charge on any atom is -0.303 e. The van der Waals surface area contributed by atoms with Crippen LogP contribution in [0.25, 0.3) is 0 Å². The molecule has 1 fully saturated rings. The van der Waals surface area contributed by atoms with Gasteiger partial charge in [-0.2, -0.15) is 0 Å². The van der Waals surface area contributed by atoms with Gasteiger partial charge in [-0.15, -0.1) is 0 Å². The van der Waals surface area contributed by atoms with E-state index in [0.717, 1.165) is 18.6 Å². The molecule has 2 rings (SSSR count). The summed E-state index contributed by atoms with van der Waals surface area (Å²) in [7, 11) is 0. The first-order valence-electron chi connectivity index (χ1n) is 5.33. The smallest absolute Gasteiger partial charge is 0.123 e. The number of carbonyl (C=O) groups is 1. The van der Waals surface area contributed by atoms with Crippen molar-refractivity contribution in [3.05, 3.63) is 35.4 Å². The molecule has 1 nitrogen and oxygen atoms in total. The summed E-state index contributed by atoms with van der Waals surface area (Å²) >= 11 is 0. The van der Waals surface area contributed by atoms with Crippen molar-refractivity contribution in [3.8, 4) is 0 Å². The normalized spacial score (nSPS) is 17.8. The molecule has 0 spiro atoms. The van der Waals surface area contributed by atoms with Gasteiger partial charge in [-0.1, -0.05) is 31.2 Å². The minimum atomic E-state index is 0.141. The number of aldehydes is 1. The molecule has 1 aromatic carbocycles. The highest BCUT2D eigenvalue weighted by Gasteiger charge is 2.22. The average molecular weight is 188 g/mol. The van der Waals surface area contributed by atoms with E-state index in [1.165, 1.54) is 24.0 Å². The van der Waals surface area contributed by atoms with Crippen LogP contribution < -0.4 is 0 Å². The number of hydrogen-bond acceptors (Lipinski definition) is 1. The van der Waals surface area contributed by atoms with Crippen LogP contribution in [0.3, 0.4) is 0 Å². The van der Waals surface area contributed by atoms with Gasteiger partial charge < -0.3 is 4.79 Å². The van der Waals surface area contributed by atoms with Crippen LogP contribution in [0.1, 0.15) is 36.8 Å². The quantitative estimate of drug-likeness (QED) is 0.664. The highest BCUT2D eigenvalue weighted by molar-refractivity contribution is 5.53. The Balaban J connectivity index is 2.01. The third kappa shape index (κ3) is 2.22. The highest BCUT2D eigenvalue weighted by atomic mass is 16.1.